The van der Waals surface area contributed by atoms with E-state index in [-0.39, 0.29) is 10.8 Å². The number of hydrogen-bond acceptors (Lipinski definition) is 4. The van der Waals surface area contributed by atoms with Gasteiger partial charge in [0.15, 0.2) is 0 Å². The molecule has 1 amide bonds. The molecule has 0 aromatic heterocycles. The number of halogens is 1. The second kappa shape index (κ2) is 8.29. The molecule has 0 radical (unpaired) electrons. The first kappa shape index (κ1) is 19.7. The van der Waals surface area contributed by atoms with Crippen LogP contribution >= 0.6 is 11.6 Å². The number of ether oxygens (including phenoxy) is 1. The third kappa shape index (κ3) is 4.43. The van der Waals surface area contributed by atoms with Gasteiger partial charge in [0.25, 0.3) is 0 Å². The zero-order valence-corrected chi connectivity index (χ0v) is 16.5. The van der Waals surface area contributed by atoms with Gasteiger partial charge in [-0.1, -0.05) is 18.0 Å². The van der Waals surface area contributed by atoms with Crippen LogP contribution < -0.4 is 10.1 Å². The quantitative estimate of drug-likeness (QED) is 0.821. The molecule has 8 heteroatoms. The molecule has 2 aromatic rings. The van der Waals surface area contributed by atoms with Crippen molar-refractivity contribution in [1.29, 1.82) is 0 Å². The monoisotopic (exact) mass is 408 g/mol. The zero-order chi connectivity index (χ0) is 19.4. The van der Waals surface area contributed by atoms with Gasteiger partial charge in [0.05, 0.1) is 12.0 Å². The number of benzene rings is 2. The van der Waals surface area contributed by atoms with Crippen LogP contribution in [0.5, 0.6) is 5.75 Å². The first-order valence-corrected chi connectivity index (χ1v) is 10.5. The molecule has 27 heavy (non-hydrogen) atoms. The highest BCUT2D eigenvalue weighted by Gasteiger charge is 2.37. The summed E-state index contributed by atoms with van der Waals surface area (Å²) in [6, 6.07) is 12.2. The molecule has 1 fully saturated rings. The van der Waals surface area contributed by atoms with Crippen molar-refractivity contribution in [1.82, 2.24) is 4.31 Å². The van der Waals surface area contributed by atoms with Crippen molar-refractivity contribution in [2.75, 3.05) is 19.0 Å². The lowest BCUT2D eigenvalue weighted by Crippen LogP contribution is -2.49. The number of piperidine rings is 1. The Hall–Kier alpha value is -2.09. The van der Waals surface area contributed by atoms with E-state index in [0.29, 0.717) is 29.4 Å². The molecule has 1 atom stereocenters. The fraction of sp³-hybridized carbons (Fsp3) is 0.316. The highest BCUT2D eigenvalue weighted by atomic mass is 35.5. The molecule has 1 aliphatic heterocycles. The minimum Gasteiger partial charge on any atom is -0.497 e. The van der Waals surface area contributed by atoms with Crippen molar-refractivity contribution in [2.24, 2.45) is 0 Å². The van der Waals surface area contributed by atoms with Crippen molar-refractivity contribution in [3.63, 3.8) is 0 Å². The number of amides is 1. The largest absolute Gasteiger partial charge is 0.497 e. The Morgan fingerprint density at radius 2 is 1.78 bits per heavy atom. The summed E-state index contributed by atoms with van der Waals surface area (Å²) >= 11 is 5.86. The van der Waals surface area contributed by atoms with E-state index in [9.17, 15) is 13.2 Å². The zero-order valence-electron chi connectivity index (χ0n) is 14.9. The van der Waals surface area contributed by atoms with E-state index in [0.717, 1.165) is 12.8 Å². The van der Waals surface area contributed by atoms with Crippen LogP contribution in [0.3, 0.4) is 0 Å². The lowest BCUT2D eigenvalue weighted by atomic mass is 10.0. The third-order valence-corrected chi connectivity index (χ3v) is 6.71. The number of hydrogen-bond donors (Lipinski definition) is 1. The maximum atomic E-state index is 13.0. The van der Waals surface area contributed by atoms with E-state index in [2.05, 4.69) is 5.32 Å². The number of rotatable bonds is 5. The van der Waals surface area contributed by atoms with Gasteiger partial charge in [0.1, 0.15) is 11.8 Å². The average molecular weight is 409 g/mol. The minimum absolute atomic E-state index is 0.135. The van der Waals surface area contributed by atoms with Crippen LogP contribution in [0.4, 0.5) is 5.69 Å². The Bertz CT molecular complexity index is 898. The summed E-state index contributed by atoms with van der Waals surface area (Å²) in [7, 11) is -2.22. The second-order valence-corrected chi connectivity index (χ2v) is 8.63. The molecule has 144 valence electrons. The van der Waals surface area contributed by atoms with E-state index < -0.39 is 16.1 Å². The van der Waals surface area contributed by atoms with Gasteiger partial charge in [0, 0.05) is 17.3 Å². The summed E-state index contributed by atoms with van der Waals surface area (Å²) in [4.78, 5) is 12.9. The molecule has 0 spiro atoms. The van der Waals surface area contributed by atoms with Crippen molar-refractivity contribution in [3.05, 3.63) is 53.6 Å². The highest BCUT2D eigenvalue weighted by Crippen LogP contribution is 2.27. The summed E-state index contributed by atoms with van der Waals surface area (Å²) in [5.41, 5.74) is 0.593. The number of anilines is 1. The van der Waals surface area contributed by atoms with E-state index in [4.69, 9.17) is 16.3 Å². The Morgan fingerprint density at radius 3 is 2.41 bits per heavy atom. The molecule has 2 aromatic carbocycles. The molecule has 0 unspecified atom stereocenters. The van der Waals surface area contributed by atoms with Crippen LogP contribution in [0.15, 0.2) is 53.4 Å². The second-order valence-electron chi connectivity index (χ2n) is 6.30. The topological polar surface area (TPSA) is 75.7 Å². The van der Waals surface area contributed by atoms with Crippen LogP contribution in [0.1, 0.15) is 19.3 Å². The van der Waals surface area contributed by atoms with Gasteiger partial charge in [-0.25, -0.2) is 8.42 Å². The number of methoxy groups -OCH3 is 1. The van der Waals surface area contributed by atoms with Crippen molar-refractivity contribution >= 4 is 33.2 Å². The summed E-state index contributed by atoms with van der Waals surface area (Å²) < 4.78 is 32.5. The van der Waals surface area contributed by atoms with Gasteiger partial charge in [-0.15, -0.1) is 0 Å². The van der Waals surface area contributed by atoms with Crippen LogP contribution in [-0.2, 0) is 14.8 Å². The summed E-state index contributed by atoms with van der Waals surface area (Å²) in [5, 5.41) is 3.26. The number of carbonyl (C=O) groups excluding carboxylic acids is 1. The van der Waals surface area contributed by atoms with E-state index in [1.54, 1.807) is 31.4 Å². The Morgan fingerprint density at radius 1 is 1.11 bits per heavy atom. The van der Waals surface area contributed by atoms with Crippen LogP contribution in [0.2, 0.25) is 5.02 Å². The normalized spacial score (nSPS) is 18.1. The van der Waals surface area contributed by atoms with E-state index >= 15 is 0 Å². The maximum Gasteiger partial charge on any atom is 0.243 e. The smallest absolute Gasteiger partial charge is 0.243 e. The van der Waals surface area contributed by atoms with Crippen LogP contribution in [-0.4, -0.2) is 38.3 Å². The molecular formula is C19H21ClN2O4S. The van der Waals surface area contributed by atoms with E-state index in [1.165, 1.54) is 28.6 Å². The summed E-state index contributed by atoms with van der Waals surface area (Å²) in [6.07, 6.45) is 2.00. The minimum atomic E-state index is -3.78. The predicted molar refractivity (Wildman–Crippen MR) is 105 cm³/mol. The highest BCUT2D eigenvalue weighted by molar-refractivity contribution is 7.89. The maximum absolute atomic E-state index is 13.0. The lowest BCUT2D eigenvalue weighted by Gasteiger charge is -2.33. The summed E-state index contributed by atoms with van der Waals surface area (Å²) in [5.74, 6) is 0.343. The molecule has 1 heterocycles. The van der Waals surface area contributed by atoms with Gasteiger partial charge >= 0.3 is 0 Å². The molecule has 1 saturated heterocycles. The number of nitrogens with zero attached hydrogens (tertiary/aromatic N) is 1. The SMILES string of the molecule is COc1ccc(NC(=O)[C@H]2CCCCN2S(=O)(=O)c2ccc(Cl)cc2)cc1. The van der Waals surface area contributed by atoms with Gasteiger partial charge in [0.2, 0.25) is 15.9 Å². The number of sulfonamides is 1. The lowest BCUT2D eigenvalue weighted by molar-refractivity contribution is -0.120. The van der Waals surface area contributed by atoms with Crippen molar-refractivity contribution < 1.29 is 17.9 Å². The molecule has 6 nitrogen and oxygen atoms in total. The Balaban J connectivity index is 1.81. The van der Waals surface area contributed by atoms with Crippen LogP contribution in [0, 0.1) is 0 Å². The number of nitrogens with one attached hydrogen (secondary N) is 1. The molecule has 1 aliphatic rings. The Labute approximate surface area is 164 Å². The fourth-order valence-corrected chi connectivity index (χ4v) is 4.88. The van der Waals surface area contributed by atoms with Gasteiger partial charge in [-0.2, -0.15) is 4.31 Å². The number of carbonyl (C=O) groups is 1. The average Bonchev–Trinajstić information content (AvgIpc) is 2.69. The van der Waals surface area contributed by atoms with Crippen molar-refractivity contribution in [3.8, 4) is 5.75 Å². The van der Waals surface area contributed by atoms with Crippen molar-refractivity contribution in [2.45, 2.75) is 30.2 Å². The molecule has 0 saturated carbocycles. The van der Waals surface area contributed by atoms with Gasteiger partial charge in [-0.05, 0) is 61.4 Å². The Kier molecular flexibility index (Phi) is 6.04. The molecule has 1 N–H and O–H groups in total. The molecular weight excluding hydrogens is 388 g/mol. The van der Waals surface area contributed by atoms with E-state index in [1.807, 2.05) is 0 Å². The first-order valence-electron chi connectivity index (χ1n) is 8.64. The molecule has 0 bridgehead atoms. The first-order chi connectivity index (χ1) is 12.9. The fourth-order valence-electron chi connectivity index (χ4n) is 3.10. The standard InChI is InChI=1S/C19H21ClN2O4S/c1-26-16-9-7-15(8-10-16)21-19(23)18-4-2-3-13-22(18)27(24,25)17-11-5-14(20)6-12-17/h5-12,18H,2-4,13H2,1H3,(H,21,23)/t18-/m1/s1. The molecule has 0 aliphatic carbocycles. The molecule has 3 rings (SSSR count). The summed E-state index contributed by atoms with van der Waals surface area (Å²) in [6.45, 7) is 0.311. The predicted octanol–water partition coefficient (Wildman–Crippen LogP) is 3.53. The third-order valence-electron chi connectivity index (χ3n) is 4.53. The van der Waals surface area contributed by atoms with Gasteiger partial charge in [-0.3, -0.25) is 4.79 Å². The van der Waals surface area contributed by atoms with Crippen LogP contribution in [0.25, 0.3) is 0 Å². The van der Waals surface area contributed by atoms with Gasteiger partial charge < -0.3 is 10.1 Å².